The van der Waals surface area contributed by atoms with E-state index >= 15 is 0 Å². The molecule has 0 radical (unpaired) electrons. The second kappa shape index (κ2) is 10.2. The fourth-order valence-corrected chi connectivity index (χ4v) is 4.74. The summed E-state index contributed by atoms with van der Waals surface area (Å²) in [5, 5.41) is 8.78. The monoisotopic (exact) mass is 424 g/mol. The highest BCUT2D eigenvalue weighted by atomic mass is 32.2. The van der Waals surface area contributed by atoms with Gasteiger partial charge >= 0.3 is 5.97 Å². The highest BCUT2D eigenvalue weighted by molar-refractivity contribution is 7.89. The first-order valence-corrected chi connectivity index (χ1v) is 11.4. The summed E-state index contributed by atoms with van der Waals surface area (Å²) < 4.78 is 32.3. The van der Waals surface area contributed by atoms with E-state index in [0.29, 0.717) is 24.2 Å². The van der Waals surface area contributed by atoms with Crippen LogP contribution in [0.5, 0.6) is 0 Å². The van der Waals surface area contributed by atoms with Crippen LogP contribution >= 0.6 is 0 Å². The summed E-state index contributed by atoms with van der Waals surface area (Å²) in [7, 11) is -3.48. The van der Waals surface area contributed by atoms with Crippen LogP contribution in [0, 0.1) is 11.3 Å². The molecule has 30 heavy (non-hydrogen) atoms. The molecule has 3 rings (SSSR count). The Labute approximate surface area is 177 Å². The molecule has 0 bridgehead atoms. The van der Waals surface area contributed by atoms with Gasteiger partial charge in [0.2, 0.25) is 10.0 Å². The molecule has 0 atom stereocenters. The number of esters is 1. The lowest BCUT2D eigenvalue weighted by atomic mass is 10.2. The molecule has 156 valence electrons. The van der Waals surface area contributed by atoms with E-state index in [2.05, 4.69) is 0 Å². The van der Waals surface area contributed by atoms with E-state index in [4.69, 9.17) is 10.00 Å². The van der Waals surface area contributed by atoms with Crippen molar-refractivity contribution in [3.63, 3.8) is 0 Å². The maximum atomic E-state index is 12.8. The fourth-order valence-electron chi connectivity index (χ4n) is 3.22. The maximum absolute atomic E-state index is 12.8. The Morgan fingerprint density at radius 3 is 2.23 bits per heavy atom. The average molecular weight is 425 g/mol. The van der Waals surface area contributed by atoms with Crippen molar-refractivity contribution in [1.82, 2.24) is 4.31 Å². The molecule has 0 spiro atoms. The molecule has 2 aromatic carbocycles. The third kappa shape index (κ3) is 5.78. The number of carbonyl (C=O) groups is 1. The molecule has 1 heterocycles. The molecule has 6 nitrogen and oxygen atoms in total. The Morgan fingerprint density at radius 2 is 1.63 bits per heavy atom. The molecule has 1 aliphatic rings. The number of rotatable bonds is 6. The van der Waals surface area contributed by atoms with E-state index in [0.717, 1.165) is 31.2 Å². The summed E-state index contributed by atoms with van der Waals surface area (Å²) in [6.45, 7) is 1.24. The normalized spacial score (nSPS) is 15.4. The smallest absolute Gasteiger partial charge is 0.331 e. The summed E-state index contributed by atoms with van der Waals surface area (Å²) in [6, 6.07) is 15.3. The first-order valence-electron chi connectivity index (χ1n) is 9.93. The lowest BCUT2D eigenvalue weighted by molar-refractivity contribution is -0.138. The zero-order valence-corrected chi connectivity index (χ0v) is 17.5. The third-order valence-electron chi connectivity index (χ3n) is 4.96. The van der Waals surface area contributed by atoms with E-state index in [-0.39, 0.29) is 11.5 Å². The second-order valence-corrected chi connectivity index (χ2v) is 9.08. The number of benzene rings is 2. The van der Waals surface area contributed by atoms with Gasteiger partial charge in [-0.05, 0) is 54.3 Å². The van der Waals surface area contributed by atoms with Crippen LogP contribution in [0.15, 0.2) is 59.5 Å². The molecule has 2 aromatic rings. The van der Waals surface area contributed by atoms with E-state index in [1.54, 1.807) is 58.9 Å². The third-order valence-corrected chi connectivity index (χ3v) is 6.87. The SMILES string of the molecule is N#Cc1ccc(COC(=O)/C=C/c2ccc(S(=O)(=O)N3CCCCCC3)cc2)cc1. The fraction of sp³-hybridized carbons (Fsp3) is 0.304. The van der Waals surface area contributed by atoms with Crippen LogP contribution in [0.2, 0.25) is 0 Å². The molecule has 0 aromatic heterocycles. The Morgan fingerprint density at radius 1 is 1.00 bits per heavy atom. The van der Waals surface area contributed by atoms with Gasteiger partial charge in [-0.2, -0.15) is 9.57 Å². The Kier molecular flexibility index (Phi) is 7.39. The minimum atomic E-state index is -3.48. The number of nitrogens with zero attached hydrogens (tertiary/aromatic N) is 2. The number of hydrogen-bond acceptors (Lipinski definition) is 5. The first-order chi connectivity index (χ1) is 14.5. The Balaban J connectivity index is 1.57. The van der Waals surface area contributed by atoms with Gasteiger partial charge in [0.15, 0.2) is 0 Å². The summed E-state index contributed by atoms with van der Waals surface area (Å²) in [5.74, 6) is -0.499. The van der Waals surface area contributed by atoms with Crippen LogP contribution in [0.25, 0.3) is 6.08 Å². The highest BCUT2D eigenvalue weighted by Gasteiger charge is 2.24. The molecular weight excluding hydrogens is 400 g/mol. The van der Waals surface area contributed by atoms with Crippen molar-refractivity contribution in [2.75, 3.05) is 13.1 Å². The van der Waals surface area contributed by atoms with Gasteiger partial charge in [0.05, 0.1) is 16.5 Å². The molecular formula is C23H24N2O4S. The quantitative estimate of drug-likeness (QED) is 0.519. The predicted octanol–water partition coefficient (Wildman–Crippen LogP) is 3.88. The minimum Gasteiger partial charge on any atom is -0.458 e. The van der Waals surface area contributed by atoms with Gasteiger partial charge in [-0.25, -0.2) is 13.2 Å². The van der Waals surface area contributed by atoms with Crippen molar-refractivity contribution >= 4 is 22.1 Å². The van der Waals surface area contributed by atoms with Gasteiger partial charge in [-0.15, -0.1) is 0 Å². The molecule has 1 fully saturated rings. The van der Waals surface area contributed by atoms with E-state index < -0.39 is 16.0 Å². The standard InChI is InChI=1S/C23H24N2O4S/c24-17-20-5-7-21(8-6-20)18-29-23(26)14-11-19-9-12-22(13-10-19)30(27,28)25-15-3-1-2-4-16-25/h5-14H,1-4,15-16,18H2/b14-11+. The van der Waals surface area contributed by atoms with Gasteiger partial charge in [0.1, 0.15) is 6.61 Å². The van der Waals surface area contributed by atoms with Gasteiger partial charge in [0, 0.05) is 19.2 Å². The molecule has 0 saturated carbocycles. The lowest BCUT2D eigenvalue weighted by Crippen LogP contribution is -2.31. The van der Waals surface area contributed by atoms with Crippen molar-refractivity contribution in [2.24, 2.45) is 0 Å². The van der Waals surface area contributed by atoms with Gasteiger partial charge < -0.3 is 4.74 Å². The molecule has 1 saturated heterocycles. The van der Waals surface area contributed by atoms with E-state index in [1.165, 1.54) is 6.08 Å². The average Bonchev–Trinajstić information content (AvgIpc) is 3.07. The highest BCUT2D eigenvalue weighted by Crippen LogP contribution is 2.21. The molecule has 0 aliphatic carbocycles. The topological polar surface area (TPSA) is 87.5 Å². The zero-order valence-electron chi connectivity index (χ0n) is 16.7. The summed E-state index contributed by atoms with van der Waals surface area (Å²) in [6.07, 6.45) is 6.81. The van der Waals surface area contributed by atoms with Crippen LogP contribution in [0.4, 0.5) is 0 Å². The number of ether oxygens (including phenoxy) is 1. The summed E-state index contributed by atoms with van der Waals surface area (Å²) >= 11 is 0. The van der Waals surface area contributed by atoms with Crippen molar-refractivity contribution in [3.8, 4) is 6.07 Å². The summed E-state index contributed by atoms with van der Waals surface area (Å²) in [5.41, 5.74) is 2.05. The molecule has 0 unspecified atom stereocenters. The van der Waals surface area contributed by atoms with Gasteiger partial charge in [-0.1, -0.05) is 37.1 Å². The van der Waals surface area contributed by atoms with Crippen LogP contribution in [-0.4, -0.2) is 31.8 Å². The summed E-state index contributed by atoms with van der Waals surface area (Å²) in [4.78, 5) is 12.2. The first kappa shape index (κ1) is 21.8. The number of hydrogen-bond donors (Lipinski definition) is 0. The number of carbonyl (C=O) groups excluding carboxylic acids is 1. The lowest BCUT2D eigenvalue weighted by Gasteiger charge is -2.19. The Hall–Kier alpha value is -2.95. The Bertz CT molecular complexity index is 1030. The van der Waals surface area contributed by atoms with Crippen molar-refractivity contribution < 1.29 is 17.9 Å². The van der Waals surface area contributed by atoms with Crippen LogP contribution in [0.1, 0.15) is 42.4 Å². The minimum absolute atomic E-state index is 0.113. The van der Waals surface area contributed by atoms with Crippen molar-refractivity contribution in [1.29, 1.82) is 5.26 Å². The van der Waals surface area contributed by atoms with Crippen LogP contribution in [0.3, 0.4) is 0 Å². The number of sulfonamides is 1. The van der Waals surface area contributed by atoms with Crippen molar-refractivity contribution in [3.05, 3.63) is 71.3 Å². The predicted molar refractivity (Wildman–Crippen MR) is 114 cm³/mol. The molecule has 1 aliphatic heterocycles. The van der Waals surface area contributed by atoms with Gasteiger partial charge in [0.25, 0.3) is 0 Å². The molecule has 0 N–H and O–H groups in total. The van der Waals surface area contributed by atoms with Gasteiger partial charge in [-0.3, -0.25) is 0 Å². The van der Waals surface area contributed by atoms with E-state index in [9.17, 15) is 13.2 Å². The number of nitriles is 1. The molecule has 0 amide bonds. The van der Waals surface area contributed by atoms with E-state index in [1.807, 2.05) is 6.07 Å². The zero-order chi connectivity index (χ0) is 21.4. The largest absolute Gasteiger partial charge is 0.458 e. The van der Waals surface area contributed by atoms with Crippen LogP contribution in [-0.2, 0) is 26.2 Å². The van der Waals surface area contributed by atoms with Crippen LogP contribution < -0.4 is 0 Å². The second-order valence-electron chi connectivity index (χ2n) is 7.14. The maximum Gasteiger partial charge on any atom is 0.331 e. The van der Waals surface area contributed by atoms with Crippen molar-refractivity contribution in [2.45, 2.75) is 37.2 Å². The molecule has 7 heteroatoms.